The van der Waals surface area contributed by atoms with Gasteiger partial charge in [0, 0.05) is 24.0 Å². The zero-order chi connectivity index (χ0) is 16.5. The van der Waals surface area contributed by atoms with Crippen LogP contribution >= 0.6 is 0 Å². The van der Waals surface area contributed by atoms with Crippen LogP contribution in [0.4, 0.5) is 31.9 Å². The summed E-state index contributed by atoms with van der Waals surface area (Å²) < 4.78 is 26.3. The first kappa shape index (κ1) is 14.5. The van der Waals surface area contributed by atoms with Gasteiger partial charge < -0.3 is 10.2 Å². The van der Waals surface area contributed by atoms with Crippen LogP contribution in [0.25, 0.3) is 0 Å². The van der Waals surface area contributed by atoms with Crippen molar-refractivity contribution in [2.45, 2.75) is 6.42 Å². The number of aromatic nitrogens is 3. The van der Waals surface area contributed by atoms with Crippen LogP contribution in [0, 0.1) is 11.6 Å². The molecule has 0 aliphatic carbocycles. The fraction of sp³-hybridized carbons (Fsp3) is 0.118. The van der Waals surface area contributed by atoms with Gasteiger partial charge >= 0.3 is 0 Å². The largest absolute Gasteiger partial charge is 0.339 e. The molecule has 1 N–H and O–H groups in total. The van der Waals surface area contributed by atoms with Crippen molar-refractivity contribution >= 4 is 23.1 Å². The average molecular weight is 325 g/mol. The SMILES string of the molecule is Fc1ccc(Nc2cnnc(N3CCc4ccccc43)n2)cc1F. The Labute approximate surface area is 137 Å². The molecule has 2 heterocycles. The minimum Gasteiger partial charge on any atom is -0.339 e. The van der Waals surface area contributed by atoms with Crippen molar-refractivity contribution in [2.24, 2.45) is 0 Å². The number of halogens is 2. The lowest BCUT2D eigenvalue weighted by molar-refractivity contribution is 0.509. The van der Waals surface area contributed by atoms with Crippen molar-refractivity contribution in [3.63, 3.8) is 0 Å². The molecule has 0 radical (unpaired) electrons. The minimum absolute atomic E-state index is 0.391. The highest BCUT2D eigenvalue weighted by Crippen LogP contribution is 2.32. The lowest BCUT2D eigenvalue weighted by Crippen LogP contribution is -2.17. The third-order valence-electron chi connectivity index (χ3n) is 3.87. The molecule has 1 aliphatic heterocycles. The molecule has 3 aromatic rings. The highest BCUT2D eigenvalue weighted by Gasteiger charge is 2.22. The van der Waals surface area contributed by atoms with Crippen molar-refractivity contribution in [3.8, 4) is 0 Å². The maximum Gasteiger partial charge on any atom is 0.251 e. The van der Waals surface area contributed by atoms with Gasteiger partial charge in [0.2, 0.25) is 0 Å². The summed E-state index contributed by atoms with van der Waals surface area (Å²) in [5.41, 5.74) is 2.69. The molecule has 4 rings (SSSR count). The van der Waals surface area contributed by atoms with Crippen LogP contribution in [0.1, 0.15) is 5.56 Å². The topological polar surface area (TPSA) is 53.9 Å². The molecule has 1 aromatic heterocycles. The first-order valence-electron chi connectivity index (χ1n) is 7.48. The Bertz CT molecular complexity index is 900. The van der Waals surface area contributed by atoms with E-state index in [0.29, 0.717) is 17.5 Å². The molecule has 1 aliphatic rings. The summed E-state index contributed by atoms with van der Waals surface area (Å²) in [5, 5.41) is 11.0. The highest BCUT2D eigenvalue weighted by atomic mass is 19.2. The van der Waals surface area contributed by atoms with E-state index in [1.165, 1.54) is 17.8 Å². The summed E-state index contributed by atoms with van der Waals surface area (Å²) in [4.78, 5) is 6.41. The predicted octanol–water partition coefficient (Wildman–Crippen LogP) is 3.59. The smallest absolute Gasteiger partial charge is 0.251 e. The summed E-state index contributed by atoms with van der Waals surface area (Å²) in [6.07, 6.45) is 2.35. The van der Waals surface area contributed by atoms with E-state index in [1.807, 2.05) is 23.1 Å². The predicted molar refractivity (Wildman–Crippen MR) is 86.6 cm³/mol. The third kappa shape index (κ3) is 2.64. The Morgan fingerprint density at radius 1 is 1.04 bits per heavy atom. The number of hydrogen-bond donors (Lipinski definition) is 1. The van der Waals surface area contributed by atoms with Gasteiger partial charge in [-0.2, -0.15) is 10.1 Å². The van der Waals surface area contributed by atoms with E-state index >= 15 is 0 Å². The van der Waals surface area contributed by atoms with E-state index in [4.69, 9.17) is 0 Å². The van der Waals surface area contributed by atoms with Crippen molar-refractivity contribution < 1.29 is 8.78 Å². The molecule has 120 valence electrons. The Balaban J connectivity index is 1.61. The van der Waals surface area contributed by atoms with Gasteiger partial charge in [-0.1, -0.05) is 18.2 Å². The van der Waals surface area contributed by atoms with Crippen LogP contribution in [-0.4, -0.2) is 21.7 Å². The van der Waals surface area contributed by atoms with Crippen LogP contribution in [0.5, 0.6) is 0 Å². The molecule has 0 saturated heterocycles. The minimum atomic E-state index is -0.921. The molecule has 24 heavy (non-hydrogen) atoms. The lowest BCUT2D eigenvalue weighted by Gasteiger charge is -2.17. The maximum atomic E-state index is 13.3. The summed E-state index contributed by atoms with van der Waals surface area (Å²) in [5.74, 6) is -0.936. The maximum absolute atomic E-state index is 13.3. The first-order valence-corrected chi connectivity index (χ1v) is 7.48. The van der Waals surface area contributed by atoms with Crippen LogP contribution < -0.4 is 10.2 Å². The number of hydrogen-bond acceptors (Lipinski definition) is 5. The van der Waals surface area contributed by atoms with Gasteiger partial charge in [-0.25, -0.2) is 8.78 Å². The van der Waals surface area contributed by atoms with Gasteiger partial charge in [0.05, 0.1) is 6.20 Å². The molecule has 0 spiro atoms. The van der Waals surface area contributed by atoms with Crippen LogP contribution in [-0.2, 0) is 6.42 Å². The van der Waals surface area contributed by atoms with Crippen LogP contribution in [0.3, 0.4) is 0 Å². The summed E-state index contributed by atoms with van der Waals surface area (Å²) in [6.45, 7) is 0.773. The molecule has 5 nitrogen and oxygen atoms in total. The van der Waals surface area contributed by atoms with E-state index in [1.54, 1.807) is 0 Å². The molecule has 0 bridgehead atoms. The van der Waals surface area contributed by atoms with Gasteiger partial charge in [-0.3, -0.25) is 0 Å². The molecule has 0 saturated carbocycles. The number of benzene rings is 2. The normalized spacial score (nSPS) is 13.0. The van der Waals surface area contributed by atoms with Gasteiger partial charge in [-0.15, -0.1) is 5.10 Å². The molecule has 7 heteroatoms. The second kappa shape index (κ2) is 5.84. The second-order valence-corrected chi connectivity index (χ2v) is 5.43. The first-order chi connectivity index (χ1) is 11.7. The summed E-state index contributed by atoms with van der Waals surface area (Å²) in [6, 6.07) is 11.6. The van der Waals surface area contributed by atoms with Gasteiger partial charge in [0.25, 0.3) is 5.95 Å². The number of nitrogens with one attached hydrogen (secondary N) is 1. The Kier molecular flexibility index (Phi) is 3.53. The van der Waals surface area contributed by atoms with Crippen LogP contribution in [0.15, 0.2) is 48.7 Å². The molecule has 0 atom stereocenters. The lowest BCUT2D eigenvalue weighted by atomic mass is 10.2. The van der Waals surface area contributed by atoms with E-state index in [2.05, 4.69) is 26.6 Å². The highest BCUT2D eigenvalue weighted by molar-refractivity contribution is 5.66. The van der Waals surface area contributed by atoms with Gasteiger partial charge in [0.1, 0.15) is 0 Å². The molecule has 0 unspecified atom stereocenters. The van der Waals surface area contributed by atoms with E-state index in [9.17, 15) is 8.78 Å². The monoisotopic (exact) mass is 325 g/mol. The standard InChI is InChI=1S/C17H13F2N5/c18-13-6-5-12(9-14(13)19)21-16-10-20-23-17(22-16)24-8-7-11-3-1-2-4-15(11)24/h1-6,9-10H,7-8H2,(H,21,22,23). The van der Waals surface area contributed by atoms with Gasteiger partial charge in [-0.05, 0) is 30.2 Å². The number of anilines is 4. The van der Waals surface area contributed by atoms with Gasteiger partial charge in [0.15, 0.2) is 17.5 Å². The fourth-order valence-corrected chi connectivity index (χ4v) is 2.74. The Morgan fingerprint density at radius 2 is 1.92 bits per heavy atom. The van der Waals surface area contributed by atoms with Crippen molar-refractivity contribution in [2.75, 3.05) is 16.8 Å². The Morgan fingerprint density at radius 3 is 2.79 bits per heavy atom. The molecular formula is C17H13F2N5. The zero-order valence-corrected chi connectivity index (χ0v) is 12.6. The second-order valence-electron chi connectivity index (χ2n) is 5.43. The third-order valence-corrected chi connectivity index (χ3v) is 3.87. The quantitative estimate of drug-likeness (QED) is 0.797. The number of para-hydroxylation sites is 1. The Hall–Kier alpha value is -3.09. The number of nitrogens with zero attached hydrogens (tertiary/aromatic N) is 4. The van der Waals surface area contributed by atoms with E-state index in [-0.39, 0.29) is 0 Å². The molecular weight excluding hydrogens is 312 g/mol. The average Bonchev–Trinajstić information content (AvgIpc) is 3.03. The molecule has 2 aromatic carbocycles. The zero-order valence-electron chi connectivity index (χ0n) is 12.6. The summed E-state index contributed by atoms with van der Waals surface area (Å²) in [7, 11) is 0. The fourth-order valence-electron chi connectivity index (χ4n) is 2.74. The molecule has 0 amide bonds. The number of rotatable bonds is 3. The summed E-state index contributed by atoms with van der Waals surface area (Å²) >= 11 is 0. The van der Waals surface area contributed by atoms with Crippen LogP contribution in [0.2, 0.25) is 0 Å². The number of fused-ring (bicyclic) bond motifs is 1. The van der Waals surface area contributed by atoms with Crippen molar-refractivity contribution in [1.29, 1.82) is 0 Å². The van der Waals surface area contributed by atoms with E-state index < -0.39 is 11.6 Å². The molecule has 0 fully saturated rings. The van der Waals surface area contributed by atoms with Crippen molar-refractivity contribution in [3.05, 3.63) is 65.9 Å². The van der Waals surface area contributed by atoms with E-state index in [0.717, 1.165) is 30.8 Å². The van der Waals surface area contributed by atoms with Crippen molar-refractivity contribution in [1.82, 2.24) is 15.2 Å².